The summed E-state index contributed by atoms with van der Waals surface area (Å²) in [6, 6.07) is 4.82. The fourth-order valence-electron chi connectivity index (χ4n) is 2.82. The van der Waals surface area contributed by atoms with Gasteiger partial charge in [0.15, 0.2) is 0 Å². The first-order chi connectivity index (χ1) is 8.15. The fraction of sp³-hybridized carbons (Fsp3) is 0.600. The van der Waals surface area contributed by atoms with E-state index in [0.29, 0.717) is 0 Å². The number of aliphatic hydroxyl groups is 1. The third-order valence-corrected chi connectivity index (χ3v) is 3.77. The van der Waals surface area contributed by atoms with Gasteiger partial charge in [-0.25, -0.2) is 4.39 Å². The molecule has 1 aromatic carbocycles. The van der Waals surface area contributed by atoms with Gasteiger partial charge in [-0.1, -0.05) is 31.7 Å². The highest BCUT2D eigenvalue weighted by atomic mass is 19.1. The third kappa shape index (κ3) is 3.53. The lowest BCUT2D eigenvalue weighted by molar-refractivity contribution is 0.156. The number of aliphatic hydroxyl groups excluding tert-OH is 1. The lowest BCUT2D eigenvalue weighted by Crippen LogP contribution is -2.02. The van der Waals surface area contributed by atoms with Crippen molar-refractivity contribution in [2.45, 2.75) is 51.6 Å². The Morgan fingerprint density at radius 2 is 2.00 bits per heavy atom. The summed E-state index contributed by atoms with van der Waals surface area (Å²) in [5, 5.41) is 10.1. The lowest BCUT2D eigenvalue weighted by Gasteiger charge is -2.14. The second-order valence-electron chi connectivity index (χ2n) is 5.31. The molecule has 0 heterocycles. The molecule has 1 atom stereocenters. The minimum Gasteiger partial charge on any atom is -0.388 e. The van der Waals surface area contributed by atoms with Gasteiger partial charge < -0.3 is 5.11 Å². The molecule has 0 amide bonds. The molecule has 0 bridgehead atoms. The maximum absolute atomic E-state index is 13.2. The number of hydrogen-bond donors (Lipinski definition) is 1. The molecule has 0 aliphatic heterocycles. The SMILES string of the molecule is Cc1cc(F)cc(C(O)CCC2CCCC2)c1. The van der Waals surface area contributed by atoms with E-state index in [2.05, 4.69) is 0 Å². The van der Waals surface area contributed by atoms with Crippen molar-refractivity contribution in [3.8, 4) is 0 Å². The maximum Gasteiger partial charge on any atom is 0.123 e. The molecule has 2 heteroatoms. The van der Waals surface area contributed by atoms with E-state index in [1.54, 1.807) is 0 Å². The van der Waals surface area contributed by atoms with Gasteiger partial charge in [0.1, 0.15) is 5.82 Å². The number of hydrogen-bond acceptors (Lipinski definition) is 1. The van der Waals surface area contributed by atoms with Crippen molar-refractivity contribution in [2.75, 3.05) is 0 Å². The Morgan fingerprint density at radius 3 is 2.65 bits per heavy atom. The zero-order chi connectivity index (χ0) is 12.3. The molecule has 1 aromatic rings. The van der Waals surface area contributed by atoms with Gasteiger partial charge in [0.2, 0.25) is 0 Å². The van der Waals surface area contributed by atoms with Crippen molar-refractivity contribution in [1.82, 2.24) is 0 Å². The minimum absolute atomic E-state index is 0.250. The summed E-state index contributed by atoms with van der Waals surface area (Å²) in [7, 11) is 0. The van der Waals surface area contributed by atoms with Crippen molar-refractivity contribution in [2.24, 2.45) is 5.92 Å². The fourth-order valence-corrected chi connectivity index (χ4v) is 2.82. The molecule has 1 fully saturated rings. The van der Waals surface area contributed by atoms with Crippen LogP contribution in [0.3, 0.4) is 0 Å². The van der Waals surface area contributed by atoms with E-state index < -0.39 is 6.10 Å². The minimum atomic E-state index is -0.509. The highest BCUT2D eigenvalue weighted by molar-refractivity contribution is 5.25. The second-order valence-corrected chi connectivity index (χ2v) is 5.31. The first-order valence-electron chi connectivity index (χ1n) is 6.60. The molecule has 1 aliphatic rings. The average Bonchev–Trinajstić information content (AvgIpc) is 2.77. The quantitative estimate of drug-likeness (QED) is 0.833. The maximum atomic E-state index is 13.2. The van der Waals surface area contributed by atoms with Crippen molar-refractivity contribution >= 4 is 0 Å². The van der Waals surface area contributed by atoms with E-state index in [1.165, 1.54) is 37.8 Å². The van der Waals surface area contributed by atoms with Crippen LogP contribution in [-0.2, 0) is 0 Å². The van der Waals surface area contributed by atoms with Crippen molar-refractivity contribution in [1.29, 1.82) is 0 Å². The second kappa shape index (κ2) is 5.63. The van der Waals surface area contributed by atoms with E-state index in [-0.39, 0.29) is 5.82 Å². The van der Waals surface area contributed by atoms with E-state index in [9.17, 15) is 9.50 Å². The van der Waals surface area contributed by atoms with Gasteiger partial charge in [-0.05, 0) is 48.9 Å². The van der Waals surface area contributed by atoms with Crippen LogP contribution < -0.4 is 0 Å². The summed E-state index contributed by atoms with van der Waals surface area (Å²) in [5.74, 6) is 0.527. The van der Waals surface area contributed by atoms with Crippen LogP contribution in [0.4, 0.5) is 4.39 Å². The highest BCUT2D eigenvalue weighted by Crippen LogP contribution is 2.31. The topological polar surface area (TPSA) is 20.2 Å². The predicted octanol–water partition coefficient (Wildman–Crippen LogP) is 4.14. The summed E-state index contributed by atoms with van der Waals surface area (Å²) in [6.45, 7) is 1.86. The summed E-state index contributed by atoms with van der Waals surface area (Å²) >= 11 is 0. The Hall–Kier alpha value is -0.890. The third-order valence-electron chi connectivity index (χ3n) is 3.77. The molecule has 1 saturated carbocycles. The molecule has 0 saturated heterocycles. The summed E-state index contributed by atoms with van der Waals surface area (Å²) in [4.78, 5) is 0. The molecule has 0 radical (unpaired) electrons. The molecule has 0 aromatic heterocycles. The molecule has 94 valence electrons. The molecule has 17 heavy (non-hydrogen) atoms. The largest absolute Gasteiger partial charge is 0.388 e. The number of halogens is 1. The Morgan fingerprint density at radius 1 is 1.29 bits per heavy atom. The molecule has 0 spiro atoms. The molecular formula is C15H21FO. The zero-order valence-corrected chi connectivity index (χ0v) is 10.5. The average molecular weight is 236 g/mol. The number of aryl methyl sites for hydroxylation is 1. The van der Waals surface area contributed by atoms with Crippen molar-refractivity contribution in [3.05, 3.63) is 35.1 Å². The van der Waals surface area contributed by atoms with Crippen LogP contribution in [0.5, 0.6) is 0 Å². The summed E-state index contributed by atoms with van der Waals surface area (Å²) < 4.78 is 13.2. The smallest absolute Gasteiger partial charge is 0.123 e. The van der Waals surface area contributed by atoms with E-state index in [4.69, 9.17) is 0 Å². The van der Waals surface area contributed by atoms with Gasteiger partial charge >= 0.3 is 0 Å². The molecule has 1 aliphatic carbocycles. The Balaban J connectivity index is 1.91. The molecule has 1 unspecified atom stereocenters. The molecule has 2 rings (SSSR count). The van der Waals surface area contributed by atoms with E-state index in [1.807, 2.05) is 13.0 Å². The Bertz CT molecular complexity index is 349. The van der Waals surface area contributed by atoms with Gasteiger partial charge in [0, 0.05) is 0 Å². The first kappa shape index (κ1) is 12.6. The van der Waals surface area contributed by atoms with Gasteiger partial charge in [-0.3, -0.25) is 0 Å². The van der Waals surface area contributed by atoms with Crippen LogP contribution in [0.25, 0.3) is 0 Å². The van der Waals surface area contributed by atoms with Crippen LogP contribution in [0.1, 0.15) is 55.8 Å². The van der Waals surface area contributed by atoms with Gasteiger partial charge in [0.25, 0.3) is 0 Å². The van der Waals surface area contributed by atoms with Crippen LogP contribution in [0.15, 0.2) is 18.2 Å². The van der Waals surface area contributed by atoms with Gasteiger partial charge in [0.05, 0.1) is 6.10 Å². The monoisotopic (exact) mass is 236 g/mol. The van der Waals surface area contributed by atoms with Crippen LogP contribution >= 0.6 is 0 Å². The highest BCUT2D eigenvalue weighted by Gasteiger charge is 2.17. The Kier molecular flexibility index (Phi) is 4.16. The standard InChI is InChI=1S/C15H21FO/c1-11-8-13(10-14(16)9-11)15(17)7-6-12-4-2-3-5-12/h8-10,12,15,17H,2-7H2,1H3. The predicted molar refractivity (Wildman–Crippen MR) is 67.3 cm³/mol. The normalized spacial score (nSPS) is 18.5. The van der Waals surface area contributed by atoms with Crippen molar-refractivity contribution in [3.63, 3.8) is 0 Å². The van der Waals surface area contributed by atoms with Crippen LogP contribution in [0, 0.1) is 18.7 Å². The van der Waals surface area contributed by atoms with Crippen LogP contribution in [0.2, 0.25) is 0 Å². The van der Waals surface area contributed by atoms with Gasteiger partial charge in [-0.15, -0.1) is 0 Å². The number of rotatable bonds is 4. The van der Waals surface area contributed by atoms with Crippen molar-refractivity contribution < 1.29 is 9.50 Å². The lowest BCUT2D eigenvalue weighted by atomic mass is 9.96. The van der Waals surface area contributed by atoms with Gasteiger partial charge in [-0.2, -0.15) is 0 Å². The Labute approximate surface area is 103 Å². The molecule has 1 N–H and O–H groups in total. The first-order valence-corrected chi connectivity index (χ1v) is 6.60. The molecule has 1 nitrogen and oxygen atoms in total. The van der Waals surface area contributed by atoms with E-state index in [0.717, 1.165) is 29.9 Å². The zero-order valence-electron chi connectivity index (χ0n) is 10.5. The summed E-state index contributed by atoms with van der Waals surface area (Å²) in [6.07, 6.45) is 6.58. The summed E-state index contributed by atoms with van der Waals surface area (Å²) in [5.41, 5.74) is 1.60. The van der Waals surface area contributed by atoms with E-state index >= 15 is 0 Å². The molecular weight excluding hydrogens is 215 g/mol. The number of benzene rings is 1. The van der Waals surface area contributed by atoms with Crippen LogP contribution in [-0.4, -0.2) is 5.11 Å².